The Morgan fingerprint density at radius 1 is 1.09 bits per heavy atom. The number of hydrogen-bond donors (Lipinski definition) is 1. The highest BCUT2D eigenvalue weighted by molar-refractivity contribution is 5.96. The first kappa shape index (κ1) is 23.2. The summed E-state index contributed by atoms with van der Waals surface area (Å²) in [7, 11) is 0. The van der Waals surface area contributed by atoms with Crippen LogP contribution in [0, 0.1) is 5.92 Å². The van der Waals surface area contributed by atoms with E-state index in [1.807, 2.05) is 0 Å². The largest absolute Gasteiger partial charge is 0.455 e. The smallest absolute Gasteiger partial charge is 0.417 e. The quantitative estimate of drug-likeness (QED) is 0.535. The number of benzene rings is 1. The fraction of sp³-hybridized carbons (Fsp3) is 0.364. The van der Waals surface area contributed by atoms with Crippen molar-refractivity contribution in [3.63, 3.8) is 0 Å². The van der Waals surface area contributed by atoms with Gasteiger partial charge in [0.25, 0.3) is 5.91 Å². The number of nitrogens with one attached hydrogen (secondary N) is 1. The molecule has 1 fully saturated rings. The highest BCUT2D eigenvalue weighted by Gasteiger charge is 2.31. The number of Topliss-reactive ketones (excluding diaryl/α,β-unsaturated/α-hetero) is 1. The maximum Gasteiger partial charge on any atom is 0.417 e. The first-order valence-corrected chi connectivity index (χ1v) is 9.99. The van der Waals surface area contributed by atoms with Crippen LogP contribution in [0.1, 0.15) is 35.7 Å². The number of halogens is 3. The monoisotopic (exact) mass is 449 g/mol. The molecule has 1 aliphatic rings. The Bertz CT molecular complexity index is 967. The number of alkyl halides is 3. The van der Waals surface area contributed by atoms with Crippen LogP contribution >= 0.6 is 0 Å². The molecule has 2 aromatic rings. The fourth-order valence-electron chi connectivity index (χ4n) is 3.32. The predicted molar refractivity (Wildman–Crippen MR) is 110 cm³/mol. The van der Waals surface area contributed by atoms with Crippen LogP contribution in [0.25, 0.3) is 0 Å². The first-order chi connectivity index (χ1) is 15.1. The van der Waals surface area contributed by atoms with Crippen molar-refractivity contribution in [3.05, 3.63) is 53.7 Å². The first-order valence-electron chi connectivity index (χ1n) is 9.99. The average molecular weight is 449 g/mol. The molecule has 0 bridgehead atoms. The number of pyridine rings is 1. The van der Waals surface area contributed by atoms with Gasteiger partial charge < -0.3 is 15.0 Å². The van der Waals surface area contributed by atoms with Gasteiger partial charge in [0.2, 0.25) is 0 Å². The van der Waals surface area contributed by atoms with E-state index in [0.29, 0.717) is 43.0 Å². The molecule has 2 heterocycles. The number of piperidine rings is 1. The zero-order valence-electron chi connectivity index (χ0n) is 17.3. The van der Waals surface area contributed by atoms with Crippen molar-refractivity contribution in [1.29, 1.82) is 0 Å². The highest BCUT2D eigenvalue weighted by Crippen LogP contribution is 2.30. The fourth-order valence-corrected chi connectivity index (χ4v) is 3.32. The number of carbonyl (C=O) groups is 3. The molecule has 7 nitrogen and oxygen atoms in total. The predicted octanol–water partition coefficient (Wildman–Crippen LogP) is 3.70. The summed E-state index contributed by atoms with van der Waals surface area (Å²) in [6, 6.07) is 8.64. The minimum absolute atomic E-state index is 0.0862. The molecule has 0 spiro atoms. The summed E-state index contributed by atoms with van der Waals surface area (Å²) in [5.74, 6) is -1.06. The van der Waals surface area contributed by atoms with Crippen molar-refractivity contribution in [3.8, 4) is 0 Å². The SMILES string of the molecule is CC(=O)c1ccc(NC(=O)COC(=O)C2CCN(c3ccc(C(F)(F)F)cn3)CC2)cc1. The van der Waals surface area contributed by atoms with Crippen LogP contribution in [0.3, 0.4) is 0 Å². The molecule has 1 aliphatic heterocycles. The second-order valence-electron chi connectivity index (χ2n) is 7.45. The summed E-state index contributed by atoms with van der Waals surface area (Å²) in [5, 5.41) is 2.59. The Balaban J connectivity index is 1.43. The minimum Gasteiger partial charge on any atom is -0.455 e. The molecule has 1 aromatic heterocycles. The Kier molecular flexibility index (Phi) is 7.12. The molecular formula is C22H22F3N3O4. The molecule has 1 aromatic carbocycles. The van der Waals surface area contributed by atoms with Gasteiger partial charge in [0.05, 0.1) is 11.5 Å². The maximum absolute atomic E-state index is 12.7. The number of carbonyl (C=O) groups excluding carboxylic acids is 3. The van der Waals surface area contributed by atoms with Gasteiger partial charge in [-0.3, -0.25) is 14.4 Å². The van der Waals surface area contributed by atoms with E-state index in [-0.39, 0.29) is 5.78 Å². The average Bonchev–Trinajstić information content (AvgIpc) is 2.77. The number of ether oxygens (including phenoxy) is 1. The van der Waals surface area contributed by atoms with Gasteiger partial charge in [0.15, 0.2) is 12.4 Å². The molecule has 1 saturated heterocycles. The number of rotatable bonds is 6. The third kappa shape index (κ3) is 6.05. The summed E-state index contributed by atoms with van der Waals surface area (Å²) in [6.45, 7) is 1.88. The Morgan fingerprint density at radius 3 is 2.28 bits per heavy atom. The molecule has 0 atom stereocenters. The zero-order valence-corrected chi connectivity index (χ0v) is 17.3. The lowest BCUT2D eigenvalue weighted by Gasteiger charge is -2.31. The lowest BCUT2D eigenvalue weighted by molar-refractivity contribution is -0.152. The number of hydrogen-bond acceptors (Lipinski definition) is 6. The van der Waals surface area contributed by atoms with Crippen LogP contribution in [0.4, 0.5) is 24.7 Å². The summed E-state index contributed by atoms with van der Waals surface area (Å²) in [4.78, 5) is 41.2. The van der Waals surface area contributed by atoms with Crippen LogP contribution in [0.15, 0.2) is 42.6 Å². The number of anilines is 2. The molecule has 0 aliphatic carbocycles. The molecule has 32 heavy (non-hydrogen) atoms. The van der Waals surface area contributed by atoms with E-state index in [1.165, 1.54) is 13.0 Å². The van der Waals surface area contributed by atoms with E-state index in [4.69, 9.17) is 4.74 Å². The van der Waals surface area contributed by atoms with Crippen molar-refractivity contribution in [2.45, 2.75) is 25.9 Å². The normalized spacial score (nSPS) is 14.7. The van der Waals surface area contributed by atoms with E-state index in [2.05, 4.69) is 10.3 Å². The summed E-state index contributed by atoms with van der Waals surface area (Å²) < 4.78 is 43.1. The molecular weight excluding hydrogens is 427 g/mol. The van der Waals surface area contributed by atoms with Crippen LogP contribution < -0.4 is 10.2 Å². The number of nitrogens with zero attached hydrogens (tertiary/aromatic N) is 2. The molecule has 1 N–H and O–H groups in total. The van der Waals surface area contributed by atoms with Crippen molar-refractivity contribution in [2.24, 2.45) is 5.92 Å². The third-order valence-electron chi connectivity index (χ3n) is 5.15. The van der Waals surface area contributed by atoms with E-state index in [9.17, 15) is 27.6 Å². The third-order valence-corrected chi connectivity index (χ3v) is 5.15. The van der Waals surface area contributed by atoms with Gasteiger partial charge in [-0.15, -0.1) is 0 Å². The van der Waals surface area contributed by atoms with Crippen LogP contribution in [-0.4, -0.2) is 42.3 Å². The van der Waals surface area contributed by atoms with Crippen LogP contribution in [0.5, 0.6) is 0 Å². The van der Waals surface area contributed by atoms with E-state index >= 15 is 0 Å². The summed E-state index contributed by atoms with van der Waals surface area (Å²) in [5.41, 5.74) is 0.188. The van der Waals surface area contributed by atoms with Crippen molar-refractivity contribution in [1.82, 2.24) is 4.98 Å². The van der Waals surface area contributed by atoms with Crippen LogP contribution in [0.2, 0.25) is 0 Å². The molecule has 3 rings (SSSR count). The van der Waals surface area contributed by atoms with Crippen molar-refractivity contribution in [2.75, 3.05) is 29.9 Å². The van der Waals surface area contributed by atoms with E-state index < -0.39 is 36.1 Å². The second-order valence-corrected chi connectivity index (χ2v) is 7.45. The van der Waals surface area contributed by atoms with Gasteiger partial charge in [-0.05, 0) is 56.2 Å². The Hall–Kier alpha value is -3.43. The maximum atomic E-state index is 12.7. The van der Waals surface area contributed by atoms with Gasteiger partial charge >= 0.3 is 12.1 Å². The summed E-state index contributed by atoms with van der Waals surface area (Å²) >= 11 is 0. The van der Waals surface area contributed by atoms with Gasteiger partial charge in [0, 0.05) is 30.5 Å². The molecule has 0 unspecified atom stereocenters. The topological polar surface area (TPSA) is 88.6 Å². The molecule has 1 amide bonds. The number of esters is 1. The van der Waals surface area contributed by atoms with Crippen LogP contribution in [-0.2, 0) is 20.5 Å². The molecule has 10 heteroatoms. The van der Waals surface area contributed by atoms with Gasteiger partial charge in [0.1, 0.15) is 5.82 Å². The Morgan fingerprint density at radius 2 is 1.75 bits per heavy atom. The second kappa shape index (κ2) is 9.80. The standard InChI is InChI=1S/C22H22F3N3O4/c1-14(29)15-2-5-18(6-3-15)27-20(30)13-32-21(31)16-8-10-28(11-9-16)19-7-4-17(12-26-19)22(23,24)25/h2-7,12,16H,8-11,13H2,1H3,(H,27,30). The number of aromatic nitrogens is 1. The highest BCUT2D eigenvalue weighted by atomic mass is 19.4. The van der Waals surface area contributed by atoms with Gasteiger partial charge in [-0.2, -0.15) is 13.2 Å². The minimum atomic E-state index is -4.44. The Labute approximate surface area is 182 Å². The lowest BCUT2D eigenvalue weighted by Crippen LogP contribution is -2.38. The van der Waals surface area contributed by atoms with Gasteiger partial charge in [-0.1, -0.05) is 0 Å². The molecule has 0 radical (unpaired) electrons. The molecule has 170 valence electrons. The van der Waals surface area contributed by atoms with E-state index in [1.54, 1.807) is 29.2 Å². The molecule has 0 saturated carbocycles. The van der Waals surface area contributed by atoms with E-state index in [0.717, 1.165) is 12.3 Å². The van der Waals surface area contributed by atoms with Crippen molar-refractivity contribution < 1.29 is 32.3 Å². The summed E-state index contributed by atoms with van der Waals surface area (Å²) in [6.07, 6.45) is -2.76. The number of amides is 1. The number of ketones is 1. The lowest BCUT2D eigenvalue weighted by atomic mass is 9.97. The zero-order chi connectivity index (χ0) is 23.3. The van der Waals surface area contributed by atoms with Gasteiger partial charge in [-0.25, -0.2) is 4.98 Å². The van der Waals surface area contributed by atoms with Crippen molar-refractivity contribution >= 4 is 29.2 Å².